The standard InChI is InChI=1S/C16H12FN3O/c17-13-3-1-4-14(11-13)19-16(21)12-5-7-15(8-6-12)20-10-2-9-18-20/h1-11H,(H,19,21). The molecule has 0 aliphatic rings. The SMILES string of the molecule is O=C(Nc1cccc(F)c1)c1ccc(-n2cccn2)cc1. The lowest BCUT2D eigenvalue weighted by atomic mass is 10.2. The molecule has 0 unspecified atom stereocenters. The maximum atomic E-state index is 13.1. The summed E-state index contributed by atoms with van der Waals surface area (Å²) in [5.74, 6) is -0.672. The molecule has 4 nitrogen and oxygen atoms in total. The van der Waals surface area contributed by atoms with E-state index in [2.05, 4.69) is 10.4 Å². The van der Waals surface area contributed by atoms with Crippen LogP contribution in [0.4, 0.5) is 10.1 Å². The number of carbonyl (C=O) groups is 1. The summed E-state index contributed by atoms with van der Waals surface area (Å²) < 4.78 is 14.8. The van der Waals surface area contributed by atoms with Crippen LogP contribution in [0, 0.1) is 5.82 Å². The van der Waals surface area contributed by atoms with Crippen LogP contribution in [-0.4, -0.2) is 15.7 Å². The predicted octanol–water partition coefficient (Wildman–Crippen LogP) is 3.26. The zero-order chi connectivity index (χ0) is 14.7. The van der Waals surface area contributed by atoms with Crippen molar-refractivity contribution in [2.75, 3.05) is 5.32 Å². The number of anilines is 1. The molecule has 1 N–H and O–H groups in total. The molecule has 2 aromatic carbocycles. The summed E-state index contributed by atoms with van der Waals surface area (Å²) in [7, 11) is 0. The molecule has 0 fully saturated rings. The lowest BCUT2D eigenvalue weighted by molar-refractivity contribution is 0.102. The van der Waals surface area contributed by atoms with Gasteiger partial charge in [0.15, 0.2) is 0 Å². The predicted molar refractivity (Wildman–Crippen MR) is 77.9 cm³/mol. The second kappa shape index (κ2) is 5.58. The minimum absolute atomic E-state index is 0.285. The summed E-state index contributed by atoms with van der Waals surface area (Å²) in [4.78, 5) is 12.1. The highest BCUT2D eigenvalue weighted by Gasteiger charge is 2.07. The second-order valence-electron chi connectivity index (χ2n) is 4.46. The van der Waals surface area contributed by atoms with Crippen LogP contribution in [0.5, 0.6) is 0 Å². The normalized spacial score (nSPS) is 10.3. The Morgan fingerprint density at radius 3 is 2.57 bits per heavy atom. The van der Waals surface area contributed by atoms with Crippen LogP contribution in [0.2, 0.25) is 0 Å². The van der Waals surface area contributed by atoms with Crippen LogP contribution in [0.25, 0.3) is 5.69 Å². The number of amides is 1. The first kappa shape index (κ1) is 13.1. The Morgan fingerprint density at radius 2 is 1.90 bits per heavy atom. The Morgan fingerprint density at radius 1 is 1.10 bits per heavy atom. The smallest absolute Gasteiger partial charge is 0.255 e. The van der Waals surface area contributed by atoms with E-state index >= 15 is 0 Å². The Labute approximate surface area is 120 Å². The van der Waals surface area contributed by atoms with Crippen LogP contribution < -0.4 is 5.32 Å². The van der Waals surface area contributed by atoms with Gasteiger partial charge < -0.3 is 5.32 Å². The molecule has 104 valence electrons. The van der Waals surface area contributed by atoms with Crippen molar-refractivity contribution in [2.24, 2.45) is 0 Å². The minimum Gasteiger partial charge on any atom is -0.322 e. The largest absolute Gasteiger partial charge is 0.322 e. The van der Waals surface area contributed by atoms with Gasteiger partial charge in [0, 0.05) is 23.6 Å². The number of nitrogens with zero attached hydrogens (tertiary/aromatic N) is 2. The number of hydrogen-bond donors (Lipinski definition) is 1. The minimum atomic E-state index is -0.387. The van der Waals surface area contributed by atoms with E-state index in [1.807, 2.05) is 12.3 Å². The highest BCUT2D eigenvalue weighted by atomic mass is 19.1. The molecule has 0 saturated heterocycles. The zero-order valence-electron chi connectivity index (χ0n) is 11.0. The third-order valence-corrected chi connectivity index (χ3v) is 2.98. The topological polar surface area (TPSA) is 46.9 Å². The van der Waals surface area contributed by atoms with Crippen molar-refractivity contribution in [3.05, 3.63) is 78.4 Å². The molecule has 0 spiro atoms. The molecule has 0 radical (unpaired) electrons. The fourth-order valence-corrected chi connectivity index (χ4v) is 1.96. The molecule has 1 amide bonds. The molecule has 3 rings (SSSR count). The van der Waals surface area contributed by atoms with Gasteiger partial charge in [-0.3, -0.25) is 4.79 Å². The van der Waals surface area contributed by atoms with Crippen molar-refractivity contribution >= 4 is 11.6 Å². The first-order valence-electron chi connectivity index (χ1n) is 6.39. The zero-order valence-corrected chi connectivity index (χ0v) is 11.0. The van der Waals surface area contributed by atoms with Crippen LogP contribution >= 0.6 is 0 Å². The first-order chi connectivity index (χ1) is 10.2. The van der Waals surface area contributed by atoms with Gasteiger partial charge in [-0.2, -0.15) is 5.10 Å². The number of hydrogen-bond acceptors (Lipinski definition) is 2. The van der Waals surface area contributed by atoms with Gasteiger partial charge in [-0.15, -0.1) is 0 Å². The molecule has 0 saturated carbocycles. The Bertz CT molecular complexity index is 751. The summed E-state index contributed by atoms with van der Waals surface area (Å²) in [6, 6.07) is 14.6. The molecule has 1 heterocycles. The summed E-state index contributed by atoms with van der Waals surface area (Å²) in [5.41, 5.74) is 1.79. The lowest BCUT2D eigenvalue weighted by Gasteiger charge is -2.06. The van der Waals surface area contributed by atoms with E-state index in [1.165, 1.54) is 12.1 Å². The molecular formula is C16H12FN3O. The highest BCUT2D eigenvalue weighted by Crippen LogP contribution is 2.13. The average Bonchev–Trinajstić information content (AvgIpc) is 3.01. The van der Waals surface area contributed by atoms with Gasteiger partial charge in [-0.1, -0.05) is 6.07 Å². The fourth-order valence-electron chi connectivity index (χ4n) is 1.96. The molecular weight excluding hydrogens is 269 g/mol. The lowest BCUT2D eigenvalue weighted by Crippen LogP contribution is -2.12. The van der Waals surface area contributed by atoms with Crippen molar-refractivity contribution in [3.8, 4) is 5.69 Å². The average molecular weight is 281 g/mol. The monoisotopic (exact) mass is 281 g/mol. The fraction of sp³-hybridized carbons (Fsp3) is 0. The molecule has 0 aliphatic carbocycles. The van der Waals surface area contributed by atoms with Gasteiger partial charge in [0.05, 0.1) is 5.69 Å². The van der Waals surface area contributed by atoms with E-state index in [0.717, 1.165) is 5.69 Å². The molecule has 21 heavy (non-hydrogen) atoms. The van der Waals surface area contributed by atoms with Crippen molar-refractivity contribution < 1.29 is 9.18 Å². The van der Waals surface area contributed by atoms with E-state index in [9.17, 15) is 9.18 Å². The van der Waals surface area contributed by atoms with Crippen molar-refractivity contribution in [1.29, 1.82) is 0 Å². The van der Waals surface area contributed by atoms with Gasteiger partial charge >= 0.3 is 0 Å². The third-order valence-electron chi connectivity index (χ3n) is 2.98. The second-order valence-corrected chi connectivity index (χ2v) is 4.46. The number of rotatable bonds is 3. The van der Waals surface area contributed by atoms with Crippen LogP contribution in [0.3, 0.4) is 0 Å². The number of carbonyl (C=O) groups excluding carboxylic acids is 1. The van der Waals surface area contributed by atoms with Crippen molar-refractivity contribution in [2.45, 2.75) is 0 Å². The first-order valence-corrected chi connectivity index (χ1v) is 6.39. The third kappa shape index (κ3) is 2.97. The van der Waals surface area contributed by atoms with Crippen LogP contribution in [-0.2, 0) is 0 Å². The van der Waals surface area contributed by atoms with E-state index in [-0.39, 0.29) is 11.7 Å². The van der Waals surface area contributed by atoms with E-state index in [4.69, 9.17) is 0 Å². The van der Waals surface area contributed by atoms with Crippen molar-refractivity contribution in [3.63, 3.8) is 0 Å². The Balaban J connectivity index is 1.76. The maximum absolute atomic E-state index is 13.1. The van der Waals surface area contributed by atoms with E-state index < -0.39 is 0 Å². The summed E-state index contributed by atoms with van der Waals surface area (Å²) in [6.45, 7) is 0. The van der Waals surface area contributed by atoms with Gasteiger partial charge in [0.1, 0.15) is 5.82 Å². The van der Waals surface area contributed by atoms with Gasteiger partial charge in [-0.05, 0) is 48.5 Å². The Kier molecular flexibility index (Phi) is 3.47. The highest BCUT2D eigenvalue weighted by molar-refractivity contribution is 6.04. The summed E-state index contributed by atoms with van der Waals surface area (Å²) >= 11 is 0. The number of halogens is 1. The number of aromatic nitrogens is 2. The number of nitrogens with one attached hydrogen (secondary N) is 1. The molecule has 5 heteroatoms. The summed E-state index contributed by atoms with van der Waals surface area (Å²) in [5, 5.41) is 6.76. The van der Waals surface area contributed by atoms with E-state index in [0.29, 0.717) is 11.3 Å². The Hall–Kier alpha value is -2.95. The quantitative estimate of drug-likeness (QED) is 0.801. The van der Waals surface area contributed by atoms with Gasteiger partial charge in [0.25, 0.3) is 5.91 Å². The molecule has 3 aromatic rings. The van der Waals surface area contributed by atoms with Crippen LogP contribution in [0.1, 0.15) is 10.4 Å². The molecule has 0 atom stereocenters. The van der Waals surface area contributed by atoms with E-state index in [1.54, 1.807) is 47.3 Å². The van der Waals surface area contributed by atoms with Crippen molar-refractivity contribution in [1.82, 2.24) is 9.78 Å². The van der Waals surface area contributed by atoms with Crippen LogP contribution in [0.15, 0.2) is 67.0 Å². The van der Waals surface area contributed by atoms with Gasteiger partial charge in [-0.25, -0.2) is 9.07 Å². The molecule has 1 aromatic heterocycles. The molecule has 0 bridgehead atoms. The maximum Gasteiger partial charge on any atom is 0.255 e. The summed E-state index contributed by atoms with van der Waals surface area (Å²) in [6.07, 6.45) is 3.51. The number of benzene rings is 2. The molecule has 0 aliphatic heterocycles. The van der Waals surface area contributed by atoms with Gasteiger partial charge in [0.2, 0.25) is 0 Å².